The van der Waals surface area contributed by atoms with Gasteiger partial charge >= 0.3 is 12.3 Å². The van der Waals surface area contributed by atoms with Gasteiger partial charge < -0.3 is 20.1 Å². The third-order valence-electron chi connectivity index (χ3n) is 3.03. The first-order chi connectivity index (χ1) is 9.78. The molecule has 0 bridgehead atoms. The normalized spacial score (nSPS) is 18.4. The molecule has 0 aliphatic rings. The molecule has 0 unspecified atom stereocenters. The van der Waals surface area contributed by atoms with Gasteiger partial charge in [0.1, 0.15) is 10.8 Å². The fourth-order valence-electron chi connectivity index (χ4n) is 1.61. The minimum atomic E-state index is -4.67. The summed E-state index contributed by atoms with van der Waals surface area (Å²) in [5, 5.41) is 19.8. The average molecular weight is 348 g/mol. The fraction of sp³-hybridized carbons (Fsp3) is 0.917. The summed E-state index contributed by atoms with van der Waals surface area (Å²) in [6.07, 6.45) is -6.65. The number of nitrogens with one attached hydrogen (secondary N) is 2. The molecule has 0 aromatic carbocycles. The third-order valence-corrected chi connectivity index (χ3v) is 4.64. The van der Waals surface area contributed by atoms with Crippen molar-refractivity contribution in [1.82, 2.24) is 10.0 Å². The smallest absolute Gasteiger partial charge is 0.408 e. The first-order valence-electron chi connectivity index (χ1n) is 6.64. The molecule has 0 fully saturated rings. The molecule has 0 aromatic rings. The molecule has 6 nitrogen and oxygen atoms in total. The number of hydrogen-bond donors (Lipinski definition) is 4. The molecule has 0 spiro atoms. The highest BCUT2D eigenvalue weighted by atomic mass is 32.2. The van der Waals surface area contributed by atoms with Crippen LogP contribution < -0.4 is 10.0 Å². The number of aliphatic hydroxyl groups is 1. The Morgan fingerprint density at radius 1 is 1.32 bits per heavy atom. The summed E-state index contributed by atoms with van der Waals surface area (Å²) in [5.74, 6) is -0.966. The van der Waals surface area contributed by atoms with E-state index in [1.807, 2.05) is 10.0 Å². The molecule has 0 radical (unpaired) electrons. The van der Waals surface area contributed by atoms with Crippen molar-refractivity contribution in [3.05, 3.63) is 0 Å². The molecule has 4 N–H and O–H groups in total. The van der Waals surface area contributed by atoms with Crippen molar-refractivity contribution in [3.8, 4) is 0 Å². The van der Waals surface area contributed by atoms with Crippen LogP contribution in [0.25, 0.3) is 0 Å². The van der Waals surface area contributed by atoms with Gasteiger partial charge in [-0.2, -0.15) is 13.2 Å². The second-order valence-corrected chi connectivity index (χ2v) is 8.01. The predicted molar refractivity (Wildman–Crippen MR) is 76.7 cm³/mol. The van der Waals surface area contributed by atoms with Gasteiger partial charge in [-0.15, -0.1) is 4.72 Å². The van der Waals surface area contributed by atoms with E-state index >= 15 is 0 Å². The van der Waals surface area contributed by atoms with E-state index in [1.165, 1.54) is 27.7 Å². The predicted octanol–water partition coefficient (Wildman–Crippen LogP) is 1.62. The Labute approximate surface area is 130 Å². The molecule has 1 amide bonds. The van der Waals surface area contributed by atoms with Gasteiger partial charge in [0.05, 0.1) is 0 Å². The molecule has 0 aliphatic heterocycles. The van der Waals surface area contributed by atoms with E-state index in [9.17, 15) is 27.6 Å². The van der Waals surface area contributed by atoms with E-state index in [1.54, 1.807) is 0 Å². The van der Waals surface area contributed by atoms with Crippen LogP contribution in [0.4, 0.5) is 18.0 Å². The maximum absolute atomic E-state index is 13.1. The minimum absolute atomic E-state index is 0.594. The van der Waals surface area contributed by atoms with E-state index in [0.29, 0.717) is 0 Å². The Morgan fingerprint density at radius 3 is 2.14 bits per heavy atom. The van der Waals surface area contributed by atoms with Gasteiger partial charge in [0.15, 0.2) is 0 Å². The highest BCUT2D eigenvalue weighted by Gasteiger charge is 2.46. The zero-order valence-corrected chi connectivity index (χ0v) is 13.7. The number of halogens is 3. The molecule has 0 aliphatic carbocycles. The summed E-state index contributed by atoms with van der Waals surface area (Å²) in [4.78, 5) is 10.5. The summed E-state index contributed by atoms with van der Waals surface area (Å²) >= 11 is -1.94. The van der Waals surface area contributed by atoms with Crippen LogP contribution in [0.15, 0.2) is 0 Å². The second kappa shape index (κ2) is 8.23. The average Bonchev–Trinajstić information content (AvgIpc) is 2.30. The number of carboxylic acid groups (broad SMARTS) is 1. The van der Waals surface area contributed by atoms with Gasteiger partial charge in [-0.1, -0.05) is 0 Å². The van der Waals surface area contributed by atoms with Crippen molar-refractivity contribution in [2.75, 3.05) is 6.61 Å². The van der Waals surface area contributed by atoms with Crippen LogP contribution in [0.5, 0.6) is 0 Å². The number of hydrogen-bond acceptors (Lipinski definition) is 4. The maximum atomic E-state index is 13.1. The number of aliphatic hydroxyl groups excluding tert-OH is 1. The molecule has 132 valence electrons. The fourth-order valence-corrected chi connectivity index (χ4v) is 2.45. The highest BCUT2D eigenvalue weighted by Crippen LogP contribution is 2.28. The van der Waals surface area contributed by atoms with E-state index in [4.69, 9.17) is 5.11 Å². The Balaban J connectivity index is 5.01. The number of carbonyl (C=O) groups is 1. The SMILES string of the molecule is C[C@@H](NC(=O)O)[C@H](CO)C[C@@H](N[S@+]([O-])C(C)(C)C)C(F)(F)F. The van der Waals surface area contributed by atoms with Crippen LogP contribution in [0.2, 0.25) is 0 Å². The molecule has 0 saturated heterocycles. The molecule has 0 saturated carbocycles. The maximum Gasteiger partial charge on any atom is 0.408 e. The summed E-state index contributed by atoms with van der Waals surface area (Å²) in [5.41, 5.74) is 0. The second-order valence-electron chi connectivity index (χ2n) is 6.01. The quantitative estimate of drug-likeness (QED) is 0.524. The molecule has 10 heteroatoms. The van der Waals surface area contributed by atoms with E-state index in [0.717, 1.165) is 0 Å². The Morgan fingerprint density at radius 2 is 1.82 bits per heavy atom. The van der Waals surface area contributed by atoms with Gasteiger partial charge in [-0.25, -0.2) is 4.79 Å². The monoisotopic (exact) mass is 348 g/mol. The van der Waals surface area contributed by atoms with Crippen molar-refractivity contribution in [1.29, 1.82) is 0 Å². The summed E-state index contributed by atoms with van der Waals surface area (Å²) in [6.45, 7) is 5.33. The highest BCUT2D eigenvalue weighted by molar-refractivity contribution is 7.90. The van der Waals surface area contributed by atoms with Crippen LogP contribution in [0.1, 0.15) is 34.1 Å². The molecular formula is C12H23F3N2O4S. The summed E-state index contributed by atoms with van der Waals surface area (Å²) in [6, 6.07) is -2.99. The topological polar surface area (TPSA) is 105 Å². The Hall–Kier alpha value is -0.710. The molecular weight excluding hydrogens is 325 g/mol. The van der Waals surface area contributed by atoms with Crippen LogP contribution in [0.3, 0.4) is 0 Å². The molecule has 4 atom stereocenters. The number of amides is 1. The van der Waals surface area contributed by atoms with Crippen molar-refractivity contribution < 1.29 is 32.7 Å². The van der Waals surface area contributed by atoms with Crippen molar-refractivity contribution >= 4 is 17.5 Å². The van der Waals surface area contributed by atoms with Crippen LogP contribution in [0, 0.1) is 5.92 Å². The zero-order valence-electron chi connectivity index (χ0n) is 12.9. The number of alkyl halides is 3. The van der Waals surface area contributed by atoms with E-state index in [2.05, 4.69) is 0 Å². The Kier molecular flexibility index (Phi) is 7.96. The van der Waals surface area contributed by atoms with Crippen LogP contribution >= 0.6 is 0 Å². The lowest BCUT2D eigenvalue weighted by Gasteiger charge is -2.31. The zero-order chi connectivity index (χ0) is 17.7. The van der Waals surface area contributed by atoms with Gasteiger partial charge in [0, 0.05) is 29.9 Å². The van der Waals surface area contributed by atoms with E-state index in [-0.39, 0.29) is 0 Å². The minimum Gasteiger partial charge on any atom is -0.598 e. The Bertz CT molecular complexity index is 363. The third kappa shape index (κ3) is 7.52. The molecule has 0 aromatic heterocycles. The lowest BCUT2D eigenvalue weighted by Crippen LogP contribution is -2.53. The lowest BCUT2D eigenvalue weighted by atomic mass is 9.94. The van der Waals surface area contributed by atoms with Crippen molar-refractivity contribution in [2.45, 2.75) is 57.1 Å². The van der Waals surface area contributed by atoms with Gasteiger partial charge in [0.25, 0.3) is 0 Å². The van der Waals surface area contributed by atoms with Crippen LogP contribution in [-0.4, -0.2) is 50.5 Å². The summed E-state index contributed by atoms with van der Waals surface area (Å²) < 4.78 is 52.2. The van der Waals surface area contributed by atoms with Gasteiger partial charge in [-0.05, 0) is 34.1 Å². The largest absolute Gasteiger partial charge is 0.598 e. The lowest BCUT2D eigenvalue weighted by molar-refractivity contribution is -0.156. The first-order valence-corrected chi connectivity index (χ1v) is 7.79. The first kappa shape index (κ1) is 21.3. The molecule has 22 heavy (non-hydrogen) atoms. The standard InChI is InChI=1S/C12H23F3N2O4S/c1-7(16-10(19)20)8(6-18)5-9(12(13,14)15)17-22(21)11(2,3)4/h7-9,16-18H,5-6H2,1-4H3,(H,19,20)/t7-,8+,9-,22-/m1/s1. The van der Waals surface area contributed by atoms with Gasteiger partial charge in [0.2, 0.25) is 0 Å². The molecule has 0 rings (SSSR count). The summed E-state index contributed by atoms with van der Waals surface area (Å²) in [7, 11) is 0. The number of rotatable bonds is 7. The molecule has 0 heterocycles. The van der Waals surface area contributed by atoms with Crippen molar-refractivity contribution in [2.24, 2.45) is 5.92 Å². The van der Waals surface area contributed by atoms with Gasteiger partial charge in [-0.3, -0.25) is 0 Å². The van der Waals surface area contributed by atoms with Crippen LogP contribution in [-0.2, 0) is 11.4 Å². The van der Waals surface area contributed by atoms with Crippen molar-refractivity contribution in [3.63, 3.8) is 0 Å². The van der Waals surface area contributed by atoms with E-state index < -0.39 is 59.4 Å².